The average Bonchev–Trinajstić information content (AvgIpc) is 2.27. The Kier molecular flexibility index (Phi) is 4.43. The Hall–Kier alpha value is -0.835. The van der Waals surface area contributed by atoms with Crippen molar-refractivity contribution in [1.29, 1.82) is 0 Å². The minimum absolute atomic E-state index is 0.575. The fraction of sp³-hybridized carbons (Fsp3) is 0.571. The third-order valence-corrected chi connectivity index (χ3v) is 3.60. The van der Waals surface area contributed by atoms with Gasteiger partial charge in [0.15, 0.2) is 0 Å². The molecular weight excluding hydrogens is 225 g/mol. The number of benzene rings is 1. The van der Waals surface area contributed by atoms with Crippen molar-refractivity contribution < 1.29 is 10.0 Å². The first-order chi connectivity index (χ1) is 8.54. The van der Waals surface area contributed by atoms with Crippen molar-refractivity contribution in [3.8, 4) is 0 Å². The first kappa shape index (κ1) is 13.6. The summed E-state index contributed by atoms with van der Waals surface area (Å²) in [5.41, 5.74) is 1.73. The van der Waals surface area contributed by atoms with Crippen LogP contribution in [0.4, 0.5) is 0 Å². The molecule has 4 heteroatoms. The molecule has 2 atom stereocenters. The molecule has 3 nitrogen and oxygen atoms in total. The van der Waals surface area contributed by atoms with Crippen LogP contribution >= 0.6 is 0 Å². The SMILES string of the molecule is CC1CC(C)CN(Cc2cccc(B(O)O)c2)C1. The van der Waals surface area contributed by atoms with E-state index in [0.717, 1.165) is 37.0 Å². The Morgan fingerprint density at radius 2 is 1.89 bits per heavy atom. The summed E-state index contributed by atoms with van der Waals surface area (Å²) < 4.78 is 0. The smallest absolute Gasteiger partial charge is 0.423 e. The first-order valence-electron chi connectivity index (χ1n) is 6.72. The predicted octanol–water partition coefficient (Wildman–Crippen LogP) is 0.844. The van der Waals surface area contributed by atoms with E-state index in [4.69, 9.17) is 0 Å². The van der Waals surface area contributed by atoms with Crippen molar-refractivity contribution in [3.05, 3.63) is 29.8 Å². The van der Waals surface area contributed by atoms with E-state index in [9.17, 15) is 10.0 Å². The van der Waals surface area contributed by atoms with Crippen LogP contribution in [0.2, 0.25) is 0 Å². The molecule has 1 aliphatic heterocycles. The summed E-state index contributed by atoms with van der Waals surface area (Å²) in [5.74, 6) is 1.50. The monoisotopic (exact) mass is 247 g/mol. The van der Waals surface area contributed by atoms with Crippen LogP contribution < -0.4 is 5.46 Å². The van der Waals surface area contributed by atoms with E-state index in [1.807, 2.05) is 12.1 Å². The molecule has 0 aliphatic carbocycles. The van der Waals surface area contributed by atoms with Gasteiger partial charge in [0.2, 0.25) is 0 Å². The van der Waals surface area contributed by atoms with Crippen LogP contribution in [0, 0.1) is 11.8 Å². The Balaban J connectivity index is 2.02. The molecule has 2 N–H and O–H groups in total. The molecule has 0 radical (unpaired) electrons. The quantitative estimate of drug-likeness (QED) is 0.778. The van der Waals surface area contributed by atoms with Gasteiger partial charge in [-0.05, 0) is 29.3 Å². The minimum Gasteiger partial charge on any atom is -0.423 e. The molecule has 0 amide bonds. The van der Waals surface area contributed by atoms with Gasteiger partial charge >= 0.3 is 7.12 Å². The van der Waals surface area contributed by atoms with E-state index in [-0.39, 0.29) is 0 Å². The van der Waals surface area contributed by atoms with Crippen LogP contribution in [0.1, 0.15) is 25.8 Å². The van der Waals surface area contributed by atoms with Gasteiger partial charge in [0, 0.05) is 19.6 Å². The topological polar surface area (TPSA) is 43.7 Å². The maximum atomic E-state index is 9.18. The number of rotatable bonds is 3. The van der Waals surface area contributed by atoms with Crippen LogP contribution in [-0.4, -0.2) is 35.2 Å². The van der Waals surface area contributed by atoms with E-state index in [1.54, 1.807) is 6.07 Å². The Labute approximate surface area is 110 Å². The van der Waals surface area contributed by atoms with Gasteiger partial charge in [0.05, 0.1) is 0 Å². The highest BCUT2D eigenvalue weighted by Gasteiger charge is 2.22. The van der Waals surface area contributed by atoms with Gasteiger partial charge in [-0.1, -0.05) is 38.1 Å². The zero-order chi connectivity index (χ0) is 13.1. The largest absolute Gasteiger partial charge is 0.488 e. The zero-order valence-electron chi connectivity index (χ0n) is 11.2. The van der Waals surface area contributed by atoms with Gasteiger partial charge in [-0.15, -0.1) is 0 Å². The lowest BCUT2D eigenvalue weighted by Gasteiger charge is -2.35. The maximum Gasteiger partial charge on any atom is 0.488 e. The maximum absolute atomic E-state index is 9.18. The van der Waals surface area contributed by atoms with E-state index < -0.39 is 7.12 Å². The average molecular weight is 247 g/mol. The van der Waals surface area contributed by atoms with Crippen molar-refractivity contribution in [2.24, 2.45) is 11.8 Å². The van der Waals surface area contributed by atoms with Crippen LogP contribution in [0.15, 0.2) is 24.3 Å². The summed E-state index contributed by atoms with van der Waals surface area (Å²) in [6.07, 6.45) is 1.31. The molecule has 2 rings (SSSR count). The van der Waals surface area contributed by atoms with E-state index in [1.165, 1.54) is 6.42 Å². The fourth-order valence-electron chi connectivity index (χ4n) is 3.03. The number of hydrogen-bond acceptors (Lipinski definition) is 3. The van der Waals surface area contributed by atoms with E-state index in [2.05, 4.69) is 24.8 Å². The molecule has 0 bridgehead atoms. The second-order valence-electron chi connectivity index (χ2n) is 5.76. The van der Waals surface area contributed by atoms with Crippen molar-refractivity contribution >= 4 is 12.6 Å². The molecule has 1 fully saturated rings. The highest BCUT2D eigenvalue weighted by atomic mass is 16.4. The highest BCUT2D eigenvalue weighted by Crippen LogP contribution is 2.22. The normalized spacial score (nSPS) is 25.1. The van der Waals surface area contributed by atoms with Crippen molar-refractivity contribution in [2.75, 3.05) is 13.1 Å². The zero-order valence-corrected chi connectivity index (χ0v) is 11.2. The van der Waals surface area contributed by atoms with Gasteiger partial charge < -0.3 is 10.0 Å². The summed E-state index contributed by atoms with van der Waals surface area (Å²) in [6.45, 7) is 7.77. The van der Waals surface area contributed by atoms with Gasteiger partial charge in [-0.3, -0.25) is 4.90 Å². The number of nitrogens with zero attached hydrogens (tertiary/aromatic N) is 1. The summed E-state index contributed by atoms with van der Waals surface area (Å²) in [7, 11) is -1.37. The molecule has 18 heavy (non-hydrogen) atoms. The molecule has 1 aromatic rings. The summed E-state index contributed by atoms with van der Waals surface area (Å²) in [5, 5.41) is 18.4. The first-order valence-corrected chi connectivity index (χ1v) is 6.72. The molecule has 1 aliphatic rings. The molecular formula is C14H22BNO2. The molecule has 0 spiro atoms. The molecule has 0 saturated carbocycles. The summed E-state index contributed by atoms with van der Waals surface area (Å²) in [6, 6.07) is 7.57. The van der Waals surface area contributed by atoms with Crippen LogP contribution in [0.3, 0.4) is 0 Å². The van der Waals surface area contributed by atoms with Gasteiger partial charge in [0.1, 0.15) is 0 Å². The molecule has 1 heterocycles. The number of piperidine rings is 1. The van der Waals surface area contributed by atoms with Crippen LogP contribution in [-0.2, 0) is 6.54 Å². The van der Waals surface area contributed by atoms with Crippen molar-refractivity contribution in [2.45, 2.75) is 26.8 Å². The minimum atomic E-state index is -1.37. The van der Waals surface area contributed by atoms with Gasteiger partial charge in [-0.2, -0.15) is 0 Å². The molecule has 0 aromatic heterocycles. The lowest BCUT2D eigenvalue weighted by molar-refractivity contribution is 0.134. The van der Waals surface area contributed by atoms with Crippen molar-refractivity contribution in [1.82, 2.24) is 4.90 Å². The fourth-order valence-corrected chi connectivity index (χ4v) is 3.03. The lowest BCUT2D eigenvalue weighted by Crippen LogP contribution is -2.38. The Morgan fingerprint density at radius 1 is 1.22 bits per heavy atom. The lowest BCUT2D eigenvalue weighted by atomic mass is 9.79. The second-order valence-corrected chi connectivity index (χ2v) is 5.76. The highest BCUT2D eigenvalue weighted by molar-refractivity contribution is 6.58. The molecule has 1 aromatic carbocycles. The number of hydrogen-bond donors (Lipinski definition) is 2. The third-order valence-electron chi connectivity index (χ3n) is 3.60. The summed E-state index contributed by atoms with van der Waals surface area (Å²) in [4.78, 5) is 2.46. The number of likely N-dealkylation sites (tertiary alicyclic amines) is 1. The van der Waals surface area contributed by atoms with Crippen LogP contribution in [0.25, 0.3) is 0 Å². The Bertz CT molecular complexity index is 387. The third kappa shape index (κ3) is 3.58. The van der Waals surface area contributed by atoms with Crippen LogP contribution in [0.5, 0.6) is 0 Å². The van der Waals surface area contributed by atoms with E-state index in [0.29, 0.717) is 5.46 Å². The molecule has 2 unspecified atom stereocenters. The Morgan fingerprint density at radius 3 is 2.50 bits per heavy atom. The second kappa shape index (κ2) is 5.87. The van der Waals surface area contributed by atoms with E-state index >= 15 is 0 Å². The van der Waals surface area contributed by atoms with Crippen molar-refractivity contribution in [3.63, 3.8) is 0 Å². The molecule has 98 valence electrons. The summed E-state index contributed by atoms with van der Waals surface area (Å²) >= 11 is 0. The predicted molar refractivity (Wildman–Crippen MR) is 74.5 cm³/mol. The van der Waals surface area contributed by atoms with Gasteiger partial charge in [-0.25, -0.2) is 0 Å². The molecule has 1 saturated heterocycles. The standard InChI is InChI=1S/C14H22BNO2/c1-11-6-12(2)9-16(8-11)10-13-4-3-5-14(7-13)15(17)18/h3-5,7,11-12,17-18H,6,8-10H2,1-2H3. The van der Waals surface area contributed by atoms with Gasteiger partial charge in [0.25, 0.3) is 0 Å².